The molecule has 2 aliphatic heterocycles. The summed E-state index contributed by atoms with van der Waals surface area (Å²) in [7, 11) is 0. The van der Waals surface area contributed by atoms with Crippen molar-refractivity contribution >= 4 is 23.5 Å². The summed E-state index contributed by atoms with van der Waals surface area (Å²) in [6.45, 7) is 3.09. The number of hydrogen-bond donors (Lipinski definition) is 0. The van der Waals surface area contributed by atoms with Crippen molar-refractivity contribution in [2.45, 2.75) is 25.4 Å². The van der Waals surface area contributed by atoms with Crippen LogP contribution in [-0.2, 0) is 6.54 Å². The molecule has 0 atom stereocenters. The van der Waals surface area contributed by atoms with Crippen molar-refractivity contribution in [1.29, 1.82) is 0 Å². The van der Waals surface area contributed by atoms with Gasteiger partial charge < -0.3 is 14.7 Å². The number of nitrogens with zero attached hydrogens (tertiary/aromatic N) is 3. The molecule has 0 N–H and O–H groups in total. The second-order valence-electron chi connectivity index (χ2n) is 7.56. The van der Waals surface area contributed by atoms with Crippen molar-refractivity contribution < 1.29 is 14.0 Å². The van der Waals surface area contributed by atoms with Gasteiger partial charge in [-0.2, -0.15) is 0 Å². The van der Waals surface area contributed by atoms with Gasteiger partial charge in [0.25, 0.3) is 5.91 Å². The maximum absolute atomic E-state index is 13.1. The number of amides is 3. The number of carbonyl (C=O) groups excluding carboxylic acids is 2. The van der Waals surface area contributed by atoms with Crippen LogP contribution in [0.3, 0.4) is 0 Å². The molecule has 4 rings (SSSR count). The smallest absolute Gasteiger partial charge is 0.320 e. The molecule has 0 aliphatic carbocycles. The van der Waals surface area contributed by atoms with Gasteiger partial charge >= 0.3 is 6.03 Å². The minimum absolute atomic E-state index is 0.0170. The molecule has 0 unspecified atom stereocenters. The first-order valence-corrected chi connectivity index (χ1v) is 10.2. The van der Waals surface area contributed by atoms with Gasteiger partial charge in [-0.3, -0.25) is 4.79 Å². The normalized spacial score (nSPS) is 17.9. The first-order valence-electron chi connectivity index (χ1n) is 9.86. The van der Waals surface area contributed by atoms with Gasteiger partial charge in [0, 0.05) is 49.4 Å². The second-order valence-corrected chi connectivity index (χ2v) is 7.99. The molecular formula is C22H23ClFN3O2. The van der Waals surface area contributed by atoms with E-state index in [1.165, 1.54) is 12.1 Å². The first-order chi connectivity index (χ1) is 14.0. The molecular weight excluding hydrogens is 393 g/mol. The molecule has 0 bridgehead atoms. The Balaban J connectivity index is 1.32. The van der Waals surface area contributed by atoms with Crippen LogP contribution in [0.1, 0.15) is 28.8 Å². The van der Waals surface area contributed by atoms with E-state index in [-0.39, 0.29) is 23.8 Å². The summed E-state index contributed by atoms with van der Waals surface area (Å²) in [4.78, 5) is 31.1. The molecule has 0 saturated carbocycles. The van der Waals surface area contributed by atoms with Crippen molar-refractivity contribution in [3.05, 3.63) is 70.5 Å². The predicted molar refractivity (Wildman–Crippen MR) is 109 cm³/mol. The van der Waals surface area contributed by atoms with E-state index in [4.69, 9.17) is 11.6 Å². The quantitative estimate of drug-likeness (QED) is 0.757. The molecule has 7 heteroatoms. The average molecular weight is 416 g/mol. The molecule has 2 saturated heterocycles. The van der Waals surface area contributed by atoms with Crippen LogP contribution >= 0.6 is 11.6 Å². The number of carbonyl (C=O) groups is 2. The van der Waals surface area contributed by atoms with E-state index in [0.717, 1.165) is 18.4 Å². The second kappa shape index (κ2) is 8.41. The van der Waals surface area contributed by atoms with Gasteiger partial charge in [-0.1, -0.05) is 29.8 Å². The zero-order chi connectivity index (χ0) is 20.4. The Labute approximate surface area is 174 Å². The van der Waals surface area contributed by atoms with E-state index in [0.29, 0.717) is 43.3 Å². The van der Waals surface area contributed by atoms with E-state index in [1.807, 2.05) is 9.80 Å². The zero-order valence-corrected chi connectivity index (χ0v) is 16.8. The van der Waals surface area contributed by atoms with Crippen molar-refractivity contribution in [1.82, 2.24) is 14.7 Å². The van der Waals surface area contributed by atoms with Crippen molar-refractivity contribution in [3.63, 3.8) is 0 Å². The molecule has 0 aromatic heterocycles. The summed E-state index contributed by atoms with van der Waals surface area (Å²) in [5.74, 6) is -0.293. The molecule has 0 radical (unpaired) electrons. The zero-order valence-electron chi connectivity index (χ0n) is 16.1. The number of likely N-dealkylation sites (tertiary alicyclic amines) is 1. The van der Waals surface area contributed by atoms with Gasteiger partial charge in [0.15, 0.2) is 0 Å². The Morgan fingerprint density at radius 1 is 1.03 bits per heavy atom. The van der Waals surface area contributed by atoms with Gasteiger partial charge in [-0.15, -0.1) is 0 Å². The summed E-state index contributed by atoms with van der Waals surface area (Å²) in [5, 5.41) is 0.551. The van der Waals surface area contributed by atoms with Crippen LogP contribution in [0.2, 0.25) is 5.02 Å². The molecule has 29 heavy (non-hydrogen) atoms. The molecule has 2 aromatic rings. The van der Waals surface area contributed by atoms with E-state index in [9.17, 15) is 14.0 Å². The molecule has 152 valence electrons. The SMILES string of the molecule is O=C(c1cccc(Cl)c1)N1CCC(N2CCN(Cc3ccc(F)cc3)C2=O)CC1. The van der Waals surface area contributed by atoms with Crippen LogP contribution in [0, 0.1) is 5.82 Å². The fourth-order valence-electron chi connectivity index (χ4n) is 4.08. The topological polar surface area (TPSA) is 43.9 Å². The number of piperidine rings is 1. The third-order valence-corrected chi connectivity index (χ3v) is 5.91. The highest BCUT2D eigenvalue weighted by molar-refractivity contribution is 6.30. The summed E-state index contributed by atoms with van der Waals surface area (Å²) in [6.07, 6.45) is 1.53. The van der Waals surface area contributed by atoms with E-state index in [2.05, 4.69) is 0 Å². The van der Waals surface area contributed by atoms with Crippen LogP contribution < -0.4 is 0 Å². The lowest BCUT2D eigenvalue weighted by Crippen LogP contribution is -2.48. The lowest BCUT2D eigenvalue weighted by atomic mass is 10.0. The summed E-state index contributed by atoms with van der Waals surface area (Å²) in [6, 6.07) is 13.4. The maximum atomic E-state index is 13.1. The Morgan fingerprint density at radius 3 is 2.45 bits per heavy atom. The van der Waals surface area contributed by atoms with Crippen molar-refractivity contribution in [2.75, 3.05) is 26.2 Å². The van der Waals surface area contributed by atoms with Crippen LogP contribution in [-0.4, -0.2) is 58.9 Å². The minimum atomic E-state index is -0.276. The summed E-state index contributed by atoms with van der Waals surface area (Å²) < 4.78 is 13.1. The highest BCUT2D eigenvalue weighted by Crippen LogP contribution is 2.24. The molecule has 2 aromatic carbocycles. The fourth-order valence-corrected chi connectivity index (χ4v) is 4.27. The fraction of sp³-hybridized carbons (Fsp3) is 0.364. The summed E-state index contributed by atoms with van der Waals surface area (Å²) >= 11 is 5.99. The van der Waals surface area contributed by atoms with Gasteiger partial charge in [0.05, 0.1) is 0 Å². The highest BCUT2D eigenvalue weighted by Gasteiger charge is 2.36. The van der Waals surface area contributed by atoms with E-state index in [1.54, 1.807) is 41.3 Å². The molecule has 0 spiro atoms. The first kappa shape index (κ1) is 19.7. The monoisotopic (exact) mass is 415 g/mol. The highest BCUT2D eigenvalue weighted by atomic mass is 35.5. The molecule has 3 amide bonds. The van der Waals surface area contributed by atoms with E-state index < -0.39 is 0 Å². The Bertz CT molecular complexity index is 897. The number of urea groups is 1. The third-order valence-electron chi connectivity index (χ3n) is 5.68. The number of benzene rings is 2. The molecule has 2 heterocycles. The molecule has 2 fully saturated rings. The molecule has 2 aliphatic rings. The van der Waals surface area contributed by atoms with Crippen molar-refractivity contribution in [2.24, 2.45) is 0 Å². The average Bonchev–Trinajstić information content (AvgIpc) is 3.09. The van der Waals surface area contributed by atoms with Crippen LogP contribution in [0.15, 0.2) is 48.5 Å². The van der Waals surface area contributed by atoms with Gasteiger partial charge in [0.2, 0.25) is 0 Å². The Kier molecular flexibility index (Phi) is 5.72. The Hall–Kier alpha value is -2.60. The minimum Gasteiger partial charge on any atom is -0.338 e. The predicted octanol–water partition coefficient (Wildman–Crippen LogP) is 4.02. The number of hydrogen-bond acceptors (Lipinski definition) is 2. The maximum Gasteiger partial charge on any atom is 0.320 e. The number of rotatable bonds is 4. The van der Waals surface area contributed by atoms with Gasteiger partial charge in [-0.05, 0) is 48.7 Å². The number of halogens is 2. The van der Waals surface area contributed by atoms with Crippen LogP contribution in [0.4, 0.5) is 9.18 Å². The lowest BCUT2D eigenvalue weighted by Gasteiger charge is -2.36. The molecule has 5 nitrogen and oxygen atoms in total. The van der Waals surface area contributed by atoms with Gasteiger partial charge in [0.1, 0.15) is 5.82 Å². The van der Waals surface area contributed by atoms with Crippen molar-refractivity contribution in [3.8, 4) is 0 Å². The Morgan fingerprint density at radius 2 is 1.76 bits per heavy atom. The standard InChI is InChI=1S/C22H23ClFN3O2/c23-18-3-1-2-17(14-18)21(28)25-10-8-20(9-11-25)27-13-12-26(22(27)29)15-16-4-6-19(24)7-5-16/h1-7,14,20H,8-13,15H2. The largest absolute Gasteiger partial charge is 0.338 e. The van der Waals surface area contributed by atoms with Crippen LogP contribution in [0.25, 0.3) is 0 Å². The lowest BCUT2D eigenvalue weighted by molar-refractivity contribution is 0.0663. The van der Waals surface area contributed by atoms with Gasteiger partial charge in [-0.25, -0.2) is 9.18 Å². The third kappa shape index (κ3) is 4.37. The summed E-state index contributed by atoms with van der Waals surface area (Å²) in [5.41, 5.74) is 1.52. The van der Waals surface area contributed by atoms with Crippen LogP contribution in [0.5, 0.6) is 0 Å². The van der Waals surface area contributed by atoms with E-state index >= 15 is 0 Å².